The first-order chi connectivity index (χ1) is 14.3. The minimum absolute atomic E-state index is 0.588. The minimum atomic E-state index is 0.588. The number of para-hydroxylation sites is 1. The zero-order chi connectivity index (χ0) is 20.1. The van der Waals surface area contributed by atoms with Gasteiger partial charge in [0.2, 0.25) is 0 Å². The molecule has 0 saturated carbocycles. The van der Waals surface area contributed by atoms with Crippen molar-refractivity contribution in [3.63, 3.8) is 0 Å². The molecule has 2 heterocycles. The van der Waals surface area contributed by atoms with Crippen molar-refractivity contribution in [3.05, 3.63) is 66.2 Å². The van der Waals surface area contributed by atoms with E-state index in [9.17, 15) is 5.26 Å². The fraction of sp³-hybridized carbons (Fsp3) is 0.261. The summed E-state index contributed by atoms with van der Waals surface area (Å²) in [6.07, 6.45) is 0. The molecule has 0 spiro atoms. The van der Waals surface area contributed by atoms with Crippen molar-refractivity contribution in [1.29, 1.82) is 5.26 Å². The number of hydrogen-bond acceptors (Lipinski definition) is 6. The van der Waals surface area contributed by atoms with Crippen molar-refractivity contribution in [2.45, 2.75) is 6.92 Å². The molecule has 1 aliphatic heterocycles. The zero-order valence-corrected chi connectivity index (χ0v) is 16.5. The molecule has 1 aliphatic rings. The summed E-state index contributed by atoms with van der Waals surface area (Å²) in [5, 5.41) is 12.7. The molecule has 0 amide bonds. The van der Waals surface area contributed by atoms with E-state index >= 15 is 0 Å². The van der Waals surface area contributed by atoms with Crippen molar-refractivity contribution in [2.75, 3.05) is 42.9 Å². The summed E-state index contributed by atoms with van der Waals surface area (Å²) in [5.41, 5.74) is 2.30. The van der Waals surface area contributed by atoms with E-state index in [0.717, 1.165) is 49.8 Å². The smallest absolute Gasteiger partial charge is 0.163 e. The summed E-state index contributed by atoms with van der Waals surface area (Å²) >= 11 is 0. The van der Waals surface area contributed by atoms with Crippen LogP contribution >= 0.6 is 0 Å². The van der Waals surface area contributed by atoms with Gasteiger partial charge in [-0.15, -0.1) is 0 Å². The summed E-state index contributed by atoms with van der Waals surface area (Å²) < 4.78 is 0. The normalized spacial score (nSPS) is 14.4. The van der Waals surface area contributed by atoms with Gasteiger partial charge in [0.1, 0.15) is 17.7 Å². The second-order valence-corrected chi connectivity index (χ2v) is 7.00. The van der Waals surface area contributed by atoms with E-state index in [-0.39, 0.29) is 0 Å². The number of likely N-dealkylation sites (N-methyl/N-ethyl adjacent to an activating group) is 1. The summed E-state index contributed by atoms with van der Waals surface area (Å²) in [4.78, 5) is 14.3. The molecular formula is C23H24N6. The minimum Gasteiger partial charge on any atom is -0.354 e. The predicted molar refractivity (Wildman–Crippen MR) is 116 cm³/mol. The van der Waals surface area contributed by atoms with E-state index in [2.05, 4.69) is 28.1 Å². The SMILES string of the molecule is CCN1CCN(c2cc(Nc3ccccc3C#N)nc(-c3ccccc3)n2)CC1. The first-order valence-electron chi connectivity index (χ1n) is 9.95. The number of hydrogen-bond donors (Lipinski definition) is 1. The van der Waals surface area contributed by atoms with Crippen LogP contribution in [0.4, 0.5) is 17.3 Å². The number of rotatable bonds is 5. The van der Waals surface area contributed by atoms with Crippen molar-refractivity contribution < 1.29 is 0 Å². The molecule has 29 heavy (non-hydrogen) atoms. The van der Waals surface area contributed by atoms with Crippen LogP contribution in [0.15, 0.2) is 60.7 Å². The molecule has 1 aromatic heterocycles. The summed E-state index contributed by atoms with van der Waals surface area (Å²) in [6, 6.07) is 21.7. The molecule has 0 unspecified atom stereocenters. The number of piperazine rings is 1. The summed E-state index contributed by atoms with van der Waals surface area (Å²) in [5.74, 6) is 2.28. The highest BCUT2D eigenvalue weighted by Crippen LogP contribution is 2.26. The number of nitriles is 1. The van der Waals surface area contributed by atoms with E-state index in [1.807, 2.05) is 54.6 Å². The van der Waals surface area contributed by atoms with Crippen LogP contribution < -0.4 is 10.2 Å². The molecule has 1 saturated heterocycles. The lowest BCUT2D eigenvalue weighted by Gasteiger charge is -2.35. The quantitative estimate of drug-likeness (QED) is 0.720. The van der Waals surface area contributed by atoms with E-state index < -0.39 is 0 Å². The van der Waals surface area contributed by atoms with Gasteiger partial charge in [-0.1, -0.05) is 49.4 Å². The van der Waals surface area contributed by atoms with Crippen LogP contribution in [0.25, 0.3) is 11.4 Å². The highest BCUT2D eigenvalue weighted by Gasteiger charge is 2.19. The van der Waals surface area contributed by atoms with Crippen LogP contribution in [0.2, 0.25) is 0 Å². The van der Waals surface area contributed by atoms with Gasteiger partial charge in [-0.05, 0) is 18.7 Å². The van der Waals surface area contributed by atoms with E-state index in [1.165, 1.54) is 0 Å². The lowest BCUT2D eigenvalue weighted by molar-refractivity contribution is 0.270. The molecule has 0 bridgehead atoms. The van der Waals surface area contributed by atoms with E-state index in [1.54, 1.807) is 6.07 Å². The van der Waals surface area contributed by atoms with Gasteiger partial charge in [0.15, 0.2) is 5.82 Å². The van der Waals surface area contributed by atoms with Gasteiger partial charge in [0.05, 0.1) is 11.3 Å². The van der Waals surface area contributed by atoms with Crippen LogP contribution in [0.5, 0.6) is 0 Å². The van der Waals surface area contributed by atoms with Crippen molar-refractivity contribution in [3.8, 4) is 17.5 Å². The lowest BCUT2D eigenvalue weighted by Crippen LogP contribution is -2.46. The Morgan fingerprint density at radius 3 is 2.41 bits per heavy atom. The Labute approximate surface area is 171 Å². The van der Waals surface area contributed by atoms with Gasteiger partial charge >= 0.3 is 0 Å². The molecule has 146 valence electrons. The molecule has 1 fully saturated rings. The third-order valence-electron chi connectivity index (χ3n) is 5.20. The predicted octanol–water partition coefficient (Wildman–Crippen LogP) is 3.90. The lowest BCUT2D eigenvalue weighted by atomic mass is 10.2. The van der Waals surface area contributed by atoms with Crippen LogP contribution in [0, 0.1) is 11.3 Å². The molecule has 0 aliphatic carbocycles. The third kappa shape index (κ3) is 4.36. The Bertz CT molecular complexity index is 1000. The number of benzene rings is 2. The third-order valence-corrected chi connectivity index (χ3v) is 5.20. The Kier molecular flexibility index (Phi) is 5.68. The molecule has 3 aromatic rings. The molecule has 6 nitrogen and oxygen atoms in total. The maximum atomic E-state index is 9.40. The number of nitrogens with zero attached hydrogens (tertiary/aromatic N) is 5. The van der Waals surface area contributed by atoms with Crippen LogP contribution in [0.3, 0.4) is 0 Å². The maximum absolute atomic E-state index is 9.40. The van der Waals surface area contributed by atoms with Gasteiger partial charge in [-0.2, -0.15) is 5.26 Å². The fourth-order valence-electron chi connectivity index (χ4n) is 3.50. The fourth-order valence-corrected chi connectivity index (χ4v) is 3.50. The van der Waals surface area contributed by atoms with E-state index in [0.29, 0.717) is 17.2 Å². The van der Waals surface area contributed by atoms with Gasteiger partial charge in [-0.25, -0.2) is 9.97 Å². The average Bonchev–Trinajstić information content (AvgIpc) is 2.80. The van der Waals surface area contributed by atoms with Crippen LogP contribution in [0.1, 0.15) is 12.5 Å². The molecule has 4 rings (SSSR count). The van der Waals surface area contributed by atoms with Gasteiger partial charge < -0.3 is 15.1 Å². The standard InChI is InChI=1S/C23H24N6/c1-2-28-12-14-29(15-13-28)22-16-21(25-20-11-7-6-10-19(20)17-24)26-23(27-22)18-8-4-3-5-9-18/h3-11,16H,2,12-15H2,1H3,(H,25,26,27). The Morgan fingerprint density at radius 2 is 1.69 bits per heavy atom. The maximum Gasteiger partial charge on any atom is 0.163 e. The first kappa shape index (κ1) is 18.9. The first-order valence-corrected chi connectivity index (χ1v) is 9.95. The highest BCUT2D eigenvalue weighted by atomic mass is 15.3. The van der Waals surface area contributed by atoms with Crippen molar-refractivity contribution in [1.82, 2.24) is 14.9 Å². The molecule has 0 atom stereocenters. The number of anilines is 3. The second kappa shape index (κ2) is 8.72. The Balaban J connectivity index is 1.70. The largest absolute Gasteiger partial charge is 0.354 e. The van der Waals surface area contributed by atoms with Gasteiger partial charge in [0.25, 0.3) is 0 Å². The van der Waals surface area contributed by atoms with E-state index in [4.69, 9.17) is 9.97 Å². The van der Waals surface area contributed by atoms with Crippen LogP contribution in [-0.4, -0.2) is 47.6 Å². The molecular weight excluding hydrogens is 360 g/mol. The zero-order valence-electron chi connectivity index (χ0n) is 16.5. The van der Waals surface area contributed by atoms with Gasteiger partial charge in [-0.3, -0.25) is 0 Å². The highest BCUT2D eigenvalue weighted by molar-refractivity contribution is 5.68. The van der Waals surface area contributed by atoms with Crippen molar-refractivity contribution >= 4 is 17.3 Å². The molecule has 1 N–H and O–H groups in total. The molecule has 6 heteroatoms. The second-order valence-electron chi connectivity index (χ2n) is 7.00. The van der Waals surface area contributed by atoms with Crippen molar-refractivity contribution in [2.24, 2.45) is 0 Å². The van der Waals surface area contributed by atoms with Crippen LogP contribution in [-0.2, 0) is 0 Å². The average molecular weight is 384 g/mol. The molecule has 2 aromatic carbocycles. The monoisotopic (exact) mass is 384 g/mol. The Morgan fingerprint density at radius 1 is 0.966 bits per heavy atom. The topological polar surface area (TPSA) is 68.1 Å². The summed E-state index contributed by atoms with van der Waals surface area (Å²) in [6.45, 7) is 7.20. The number of nitrogens with one attached hydrogen (secondary N) is 1. The van der Waals surface area contributed by atoms with Gasteiger partial charge in [0, 0.05) is 37.8 Å². The Hall–Kier alpha value is -3.43. The molecule has 0 radical (unpaired) electrons. The summed E-state index contributed by atoms with van der Waals surface area (Å²) in [7, 11) is 0. The number of aromatic nitrogens is 2.